The van der Waals surface area contributed by atoms with Crippen molar-refractivity contribution >= 4 is 17.6 Å². The fraction of sp³-hybridized carbons (Fsp3) is 0.133. The minimum atomic E-state index is -0.837. The number of nitrogen functional groups attached to an aromatic ring is 1. The van der Waals surface area contributed by atoms with E-state index in [0.29, 0.717) is 16.2 Å². The molecule has 0 atom stereocenters. The molecule has 0 unspecified atom stereocenters. The zero-order valence-electron chi connectivity index (χ0n) is 10.9. The van der Waals surface area contributed by atoms with Gasteiger partial charge in [0.1, 0.15) is 5.84 Å². The van der Waals surface area contributed by atoms with E-state index in [4.69, 9.17) is 11.1 Å². The lowest BCUT2D eigenvalue weighted by Crippen LogP contribution is -2.11. The summed E-state index contributed by atoms with van der Waals surface area (Å²) in [6, 6.07) is 9.42. The van der Waals surface area contributed by atoms with Gasteiger partial charge in [0.05, 0.1) is 0 Å². The second-order valence-electron chi connectivity index (χ2n) is 4.42. The number of hydrogen-bond acceptors (Lipinski definition) is 2. The third-order valence-corrected chi connectivity index (χ3v) is 3.98. The number of halogens is 2. The molecule has 20 heavy (non-hydrogen) atoms. The molecule has 0 aliphatic rings. The maximum atomic E-state index is 13.1. The summed E-state index contributed by atoms with van der Waals surface area (Å²) in [5, 5.41) is 7.38. The van der Waals surface area contributed by atoms with E-state index in [1.807, 2.05) is 19.1 Å². The maximum absolute atomic E-state index is 13.1. The van der Waals surface area contributed by atoms with Crippen LogP contribution in [0, 0.1) is 24.0 Å². The Morgan fingerprint density at radius 2 is 1.90 bits per heavy atom. The number of amidine groups is 1. The van der Waals surface area contributed by atoms with Crippen molar-refractivity contribution in [1.29, 1.82) is 5.41 Å². The van der Waals surface area contributed by atoms with Crippen LogP contribution in [0.3, 0.4) is 0 Å². The minimum absolute atomic E-state index is 0.0351. The van der Waals surface area contributed by atoms with E-state index in [1.54, 1.807) is 12.1 Å². The third-order valence-electron chi connectivity index (χ3n) is 2.94. The molecule has 0 spiro atoms. The van der Waals surface area contributed by atoms with Gasteiger partial charge in [0.15, 0.2) is 11.6 Å². The number of aryl methyl sites for hydroxylation is 1. The summed E-state index contributed by atoms with van der Waals surface area (Å²) in [5.74, 6) is -0.988. The van der Waals surface area contributed by atoms with Crippen LogP contribution in [0.5, 0.6) is 0 Å². The Morgan fingerprint density at radius 1 is 1.15 bits per heavy atom. The van der Waals surface area contributed by atoms with Crippen LogP contribution in [0.25, 0.3) is 0 Å². The standard InChI is InChI=1S/C15H14F2N2S/c1-9-6-10(15(18)19)2-3-11(9)8-20-12-4-5-13(16)14(17)7-12/h2-7H,8H2,1H3,(H3,18,19). The first-order valence-electron chi connectivity index (χ1n) is 5.99. The van der Waals surface area contributed by atoms with E-state index >= 15 is 0 Å². The largest absolute Gasteiger partial charge is 0.384 e. The lowest BCUT2D eigenvalue weighted by Gasteiger charge is -2.08. The van der Waals surface area contributed by atoms with Gasteiger partial charge in [-0.3, -0.25) is 5.41 Å². The molecule has 3 N–H and O–H groups in total. The number of benzene rings is 2. The van der Waals surface area contributed by atoms with Gasteiger partial charge < -0.3 is 5.73 Å². The van der Waals surface area contributed by atoms with Crippen LogP contribution in [0.15, 0.2) is 41.3 Å². The van der Waals surface area contributed by atoms with Crippen LogP contribution >= 0.6 is 11.8 Å². The Hall–Kier alpha value is -1.88. The van der Waals surface area contributed by atoms with Crippen LogP contribution in [-0.4, -0.2) is 5.84 Å². The molecule has 0 radical (unpaired) electrons. The third kappa shape index (κ3) is 3.36. The molecule has 0 saturated carbocycles. The number of nitrogens with two attached hydrogens (primary N) is 1. The predicted octanol–water partition coefficient (Wildman–Crippen LogP) is 3.85. The normalized spacial score (nSPS) is 10.6. The summed E-state index contributed by atoms with van der Waals surface area (Å²) in [6.45, 7) is 1.94. The van der Waals surface area contributed by atoms with Gasteiger partial charge in [-0.15, -0.1) is 11.8 Å². The molecule has 0 saturated heterocycles. The Labute approximate surface area is 120 Å². The van der Waals surface area contributed by atoms with Gasteiger partial charge in [0.2, 0.25) is 0 Å². The lowest BCUT2D eigenvalue weighted by molar-refractivity contribution is 0.506. The SMILES string of the molecule is Cc1cc(C(=N)N)ccc1CSc1ccc(F)c(F)c1. The van der Waals surface area contributed by atoms with E-state index in [2.05, 4.69) is 0 Å². The fourth-order valence-corrected chi connectivity index (χ4v) is 2.75. The molecule has 2 aromatic carbocycles. The molecule has 2 aromatic rings. The first-order valence-corrected chi connectivity index (χ1v) is 6.97. The van der Waals surface area contributed by atoms with Crippen LogP contribution < -0.4 is 5.73 Å². The van der Waals surface area contributed by atoms with Crippen molar-refractivity contribution in [2.24, 2.45) is 5.73 Å². The van der Waals surface area contributed by atoms with Crippen LogP contribution in [0.2, 0.25) is 0 Å². The lowest BCUT2D eigenvalue weighted by atomic mass is 10.1. The molecule has 5 heteroatoms. The summed E-state index contributed by atoms with van der Waals surface area (Å²) in [4.78, 5) is 0.680. The number of thioether (sulfide) groups is 1. The van der Waals surface area contributed by atoms with Gasteiger partial charge in [0.25, 0.3) is 0 Å². The molecule has 0 bridgehead atoms. The minimum Gasteiger partial charge on any atom is -0.384 e. The van der Waals surface area contributed by atoms with Crippen molar-refractivity contribution in [1.82, 2.24) is 0 Å². The molecular weight excluding hydrogens is 278 g/mol. The van der Waals surface area contributed by atoms with E-state index in [9.17, 15) is 8.78 Å². The monoisotopic (exact) mass is 292 g/mol. The first-order chi connectivity index (χ1) is 9.47. The molecular formula is C15H14F2N2S. The molecule has 0 aliphatic carbocycles. The highest BCUT2D eigenvalue weighted by molar-refractivity contribution is 7.98. The second kappa shape index (κ2) is 6.05. The van der Waals surface area contributed by atoms with Crippen LogP contribution in [0.4, 0.5) is 8.78 Å². The predicted molar refractivity (Wildman–Crippen MR) is 78.1 cm³/mol. The molecule has 0 amide bonds. The zero-order valence-corrected chi connectivity index (χ0v) is 11.7. The highest BCUT2D eigenvalue weighted by Gasteiger charge is 2.06. The van der Waals surface area contributed by atoms with Gasteiger partial charge in [-0.2, -0.15) is 0 Å². The van der Waals surface area contributed by atoms with Crippen molar-refractivity contribution in [2.75, 3.05) is 0 Å². The van der Waals surface area contributed by atoms with Crippen molar-refractivity contribution < 1.29 is 8.78 Å². The van der Waals surface area contributed by atoms with E-state index < -0.39 is 11.6 Å². The van der Waals surface area contributed by atoms with E-state index in [0.717, 1.165) is 17.2 Å². The summed E-state index contributed by atoms with van der Waals surface area (Å²) in [5.41, 5.74) is 8.21. The van der Waals surface area contributed by atoms with Crippen molar-refractivity contribution in [2.45, 2.75) is 17.6 Å². The second-order valence-corrected chi connectivity index (χ2v) is 5.47. The quantitative estimate of drug-likeness (QED) is 0.511. The maximum Gasteiger partial charge on any atom is 0.159 e. The number of hydrogen-bond donors (Lipinski definition) is 2. The Morgan fingerprint density at radius 3 is 2.50 bits per heavy atom. The Balaban J connectivity index is 2.10. The summed E-state index contributed by atoms with van der Waals surface area (Å²) in [7, 11) is 0. The van der Waals surface area contributed by atoms with Crippen molar-refractivity contribution in [3.05, 3.63) is 64.7 Å². The molecule has 0 aromatic heterocycles. The summed E-state index contributed by atoms with van der Waals surface area (Å²) in [6.07, 6.45) is 0. The average molecular weight is 292 g/mol. The summed E-state index contributed by atoms with van der Waals surface area (Å²) < 4.78 is 25.9. The highest BCUT2D eigenvalue weighted by atomic mass is 32.2. The van der Waals surface area contributed by atoms with E-state index in [-0.39, 0.29) is 5.84 Å². The first kappa shape index (κ1) is 14.5. The molecule has 0 aliphatic heterocycles. The number of nitrogens with one attached hydrogen (secondary N) is 1. The molecule has 104 valence electrons. The van der Waals surface area contributed by atoms with Gasteiger partial charge in [-0.1, -0.05) is 12.1 Å². The van der Waals surface area contributed by atoms with Gasteiger partial charge in [0, 0.05) is 16.2 Å². The molecule has 0 fully saturated rings. The van der Waals surface area contributed by atoms with Crippen molar-refractivity contribution in [3.8, 4) is 0 Å². The topological polar surface area (TPSA) is 49.9 Å². The van der Waals surface area contributed by atoms with Crippen LogP contribution in [-0.2, 0) is 5.75 Å². The summed E-state index contributed by atoms with van der Waals surface area (Å²) >= 11 is 1.43. The molecule has 2 nitrogen and oxygen atoms in total. The molecule has 2 rings (SSSR count). The zero-order chi connectivity index (χ0) is 14.7. The number of rotatable bonds is 4. The fourth-order valence-electron chi connectivity index (χ4n) is 1.75. The van der Waals surface area contributed by atoms with Gasteiger partial charge in [-0.25, -0.2) is 8.78 Å². The van der Waals surface area contributed by atoms with Gasteiger partial charge >= 0.3 is 0 Å². The smallest absolute Gasteiger partial charge is 0.159 e. The van der Waals surface area contributed by atoms with E-state index in [1.165, 1.54) is 17.8 Å². The van der Waals surface area contributed by atoms with Crippen molar-refractivity contribution in [3.63, 3.8) is 0 Å². The van der Waals surface area contributed by atoms with Crippen LogP contribution in [0.1, 0.15) is 16.7 Å². The molecule has 0 heterocycles. The Bertz CT molecular complexity index is 656. The highest BCUT2D eigenvalue weighted by Crippen LogP contribution is 2.26. The average Bonchev–Trinajstić information content (AvgIpc) is 2.41. The Kier molecular flexibility index (Phi) is 4.39. The van der Waals surface area contributed by atoms with Gasteiger partial charge in [-0.05, 0) is 42.3 Å².